The molecule has 2 aromatic rings. The van der Waals surface area contributed by atoms with Gasteiger partial charge >= 0.3 is 6.09 Å². The lowest BCUT2D eigenvalue weighted by molar-refractivity contribution is 0.152. The quantitative estimate of drug-likeness (QED) is 0.413. The fraction of sp³-hybridized carbons (Fsp3) is 0.364. The van der Waals surface area contributed by atoms with Crippen molar-refractivity contribution in [3.05, 3.63) is 59.7 Å². The Labute approximate surface area is 166 Å². The van der Waals surface area contributed by atoms with Gasteiger partial charge < -0.3 is 14.2 Å². The Morgan fingerprint density at radius 2 is 1.71 bits per heavy atom. The molecule has 1 amide bonds. The number of nitrogens with zero attached hydrogens (tertiary/aromatic N) is 1. The van der Waals surface area contributed by atoms with Crippen LogP contribution in [0.1, 0.15) is 38.8 Å². The lowest BCUT2D eigenvalue weighted by Crippen LogP contribution is -2.18. The van der Waals surface area contributed by atoms with Crippen LogP contribution >= 0.6 is 0 Å². The monoisotopic (exact) mass is 384 g/mol. The summed E-state index contributed by atoms with van der Waals surface area (Å²) < 4.78 is 16.3. The molecular weight excluding hydrogens is 356 g/mol. The average Bonchev–Trinajstić information content (AvgIpc) is 2.66. The number of carbonyl (C=O) groups is 1. The van der Waals surface area contributed by atoms with Gasteiger partial charge in [0.15, 0.2) is 0 Å². The molecule has 0 fully saturated rings. The molecule has 150 valence electrons. The van der Waals surface area contributed by atoms with E-state index in [1.165, 1.54) is 11.8 Å². The maximum atomic E-state index is 11.2. The first kappa shape index (κ1) is 21.3. The van der Waals surface area contributed by atoms with Gasteiger partial charge in [0.2, 0.25) is 0 Å². The zero-order valence-electron chi connectivity index (χ0n) is 16.9. The van der Waals surface area contributed by atoms with Crippen molar-refractivity contribution in [1.29, 1.82) is 0 Å². The van der Waals surface area contributed by atoms with E-state index in [0.717, 1.165) is 11.3 Å². The number of carbonyl (C=O) groups excluding carboxylic acids is 1. The molecule has 0 spiro atoms. The minimum atomic E-state index is -0.594. The summed E-state index contributed by atoms with van der Waals surface area (Å²) in [6.07, 6.45) is 0.918. The number of hydrogen-bond acceptors (Lipinski definition) is 5. The second kappa shape index (κ2) is 10.3. The highest BCUT2D eigenvalue weighted by atomic mass is 16.6. The van der Waals surface area contributed by atoms with Gasteiger partial charge in [-0.05, 0) is 42.2 Å². The van der Waals surface area contributed by atoms with Crippen molar-refractivity contribution in [2.75, 3.05) is 19.8 Å². The van der Waals surface area contributed by atoms with Crippen LogP contribution in [0.15, 0.2) is 53.6 Å². The summed E-state index contributed by atoms with van der Waals surface area (Å²) in [4.78, 5) is 11.2. The first-order valence-corrected chi connectivity index (χ1v) is 9.31. The zero-order chi connectivity index (χ0) is 20.4. The van der Waals surface area contributed by atoms with E-state index in [-0.39, 0.29) is 5.41 Å². The van der Waals surface area contributed by atoms with Crippen molar-refractivity contribution in [3.63, 3.8) is 0 Å². The molecule has 0 radical (unpaired) electrons. The first-order chi connectivity index (χ1) is 13.4. The molecule has 2 rings (SSSR count). The highest BCUT2D eigenvalue weighted by Crippen LogP contribution is 2.24. The van der Waals surface area contributed by atoms with Crippen molar-refractivity contribution < 1.29 is 19.0 Å². The number of amides is 1. The molecular formula is C22H28N2O4. The summed E-state index contributed by atoms with van der Waals surface area (Å²) in [5.74, 6) is 1.47. The molecule has 0 heterocycles. The minimum absolute atomic E-state index is 0.120. The van der Waals surface area contributed by atoms with Crippen LogP contribution in [0.4, 0.5) is 4.79 Å². The second-order valence-corrected chi connectivity index (χ2v) is 7.10. The van der Waals surface area contributed by atoms with E-state index in [1.54, 1.807) is 6.92 Å². The summed E-state index contributed by atoms with van der Waals surface area (Å²) >= 11 is 0. The minimum Gasteiger partial charge on any atom is -0.490 e. The Hall–Kier alpha value is -3.02. The van der Waals surface area contributed by atoms with Gasteiger partial charge in [0.25, 0.3) is 0 Å². The summed E-state index contributed by atoms with van der Waals surface area (Å²) in [7, 11) is 0. The van der Waals surface area contributed by atoms with Gasteiger partial charge in [0.05, 0.1) is 12.8 Å². The summed E-state index contributed by atoms with van der Waals surface area (Å²) in [6.45, 7) is 9.37. The van der Waals surface area contributed by atoms with Crippen LogP contribution in [0.5, 0.6) is 11.5 Å². The molecule has 0 bridgehead atoms. The molecule has 2 aromatic carbocycles. The summed E-state index contributed by atoms with van der Waals surface area (Å²) in [6, 6.07) is 15.5. The van der Waals surface area contributed by atoms with Crippen molar-refractivity contribution in [3.8, 4) is 11.5 Å². The van der Waals surface area contributed by atoms with Gasteiger partial charge in [0.1, 0.15) is 24.7 Å². The lowest BCUT2D eigenvalue weighted by atomic mass is 9.87. The van der Waals surface area contributed by atoms with E-state index in [1.807, 2.05) is 36.4 Å². The van der Waals surface area contributed by atoms with Crippen LogP contribution < -0.4 is 14.9 Å². The molecule has 6 nitrogen and oxygen atoms in total. The van der Waals surface area contributed by atoms with E-state index in [9.17, 15) is 4.79 Å². The van der Waals surface area contributed by atoms with E-state index >= 15 is 0 Å². The van der Waals surface area contributed by atoms with Crippen LogP contribution in [-0.2, 0) is 10.2 Å². The Bertz CT molecular complexity index is 780. The largest absolute Gasteiger partial charge is 0.490 e. The Morgan fingerprint density at radius 3 is 2.39 bits per heavy atom. The van der Waals surface area contributed by atoms with Crippen molar-refractivity contribution in [1.82, 2.24) is 5.43 Å². The average molecular weight is 384 g/mol. The molecule has 0 saturated heterocycles. The Kier molecular flexibility index (Phi) is 7.87. The number of ether oxygens (including phenoxy) is 3. The van der Waals surface area contributed by atoms with E-state index < -0.39 is 6.09 Å². The van der Waals surface area contributed by atoms with Crippen molar-refractivity contribution in [2.45, 2.75) is 33.1 Å². The predicted octanol–water partition coefficient (Wildman–Crippen LogP) is 4.52. The highest BCUT2D eigenvalue weighted by molar-refractivity contribution is 5.84. The molecule has 0 aliphatic rings. The molecule has 0 aliphatic heterocycles. The van der Waals surface area contributed by atoms with Gasteiger partial charge in [0, 0.05) is 5.56 Å². The van der Waals surface area contributed by atoms with Crippen LogP contribution in [0, 0.1) is 0 Å². The number of hydrazone groups is 1. The number of benzene rings is 2. The molecule has 1 N–H and O–H groups in total. The van der Waals surface area contributed by atoms with Crippen LogP contribution in [-0.4, -0.2) is 32.1 Å². The van der Waals surface area contributed by atoms with Crippen LogP contribution in [0.25, 0.3) is 0 Å². The van der Waals surface area contributed by atoms with E-state index in [2.05, 4.69) is 43.4 Å². The van der Waals surface area contributed by atoms with E-state index in [4.69, 9.17) is 14.2 Å². The molecule has 0 atom stereocenters. The van der Waals surface area contributed by atoms with E-state index in [0.29, 0.717) is 25.6 Å². The smallest absolute Gasteiger partial charge is 0.427 e. The molecule has 0 aliphatic carbocycles. The number of rotatable bonds is 8. The van der Waals surface area contributed by atoms with Gasteiger partial charge in [-0.1, -0.05) is 45.0 Å². The van der Waals surface area contributed by atoms with Crippen molar-refractivity contribution in [2.24, 2.45) is 5.10 Å². The third-order valence-corrected chi connectivity index (χ3v) is 3.88. The standard InChI is InChI=1S/C22H28N2O4/c1-5-26-21(25)24-23-16-17-8-6-7-9-20(17)28-15-14-27-19-12-10-18(11-13-19)22(2,3)4/h6-13,16H,5,14-15H2,1-4H3,(H,24,25). The van der Waals surface area contributed by atoms with Gasteiger partial charge in [-0.2, -0.15) is 5.10 Å². The first-order valence-electron chi connectivity index (χ1n) is 9.31. The number of nitrogens with one attached hydrogen (secondary N) is 1. The van der Waals surface area contributed by atoms with Gasteiger partial charge in [-0.25, -0.2) is 10.2 Å². The second-order valence-electron chi connectivity index (χ2n) is 7.10. The highest BCUT2D eigenvalue weighted by Gasteiger charge is 2.12. The number of hydrogen-bond donors (Lipinski definition) is 1. The maximum Gasteiger partial charge on any atom is 0.427 e. The summed E-state index contributed by atoms with van der Waals surface area (Å²) in [5, 5.41) is 3.86. The molecule has 0 aromatic heterocycles. The number of para-hydroxylation sites is 1. The topological polar surface area (TPSA) is 69.2 Å². The summed E-state index contributed by atoms with van der Waals surface area (Å²) in [5.41, 5.74) is 4.42. The van der Waals surface area contributed by atoms with Crippen molar-refractivity contribution >= 4 is 12.3 Å². The molecule has 6 heteroatoms. The predicted molar refractivity (Wildman–Crippen MR) is 110 cm³/mol. The third-order valence-electron chi connectivity index (χ3n) is 3.88. The lowest BCUT2D eigenvalue weighted by Gasteiger charge is -2.19. The van der Waals surface area contributed by atoms with Crippen LogP contribution in [0.3, 0.4) is 0 Å². The van der Waals surface area contributed by atoms with Gasteiger partial charge in [-0.3, -0.25) is 0 Å². The third kappa shape index (κ3) is 6.95. The Morgan fingerprint density at radius 1 is 1.04 bits per heavy atom. The normalized spacial score (nSPS) is 11.3. The Balaban J connectivity index is 1.83. The van der Waals surface area contributed by atoms with Crippen LogP contribution in [0.2, 0.25) is 0 Å². The fourth-order valence-corrected chi connectivity index (χ4v) is 2.40. The maximum absolute atomic E-state index is 11.2. The SMILES string of the molecule is CCOC(=O)NN=Cc1ccccc1OCCOc1ccc(C(C)(C)C)cc1. The van der Waals surface area contributed by atoms with Gasteiger partial charge in [-0.15, -0.1) is 0 Å². The zero-order valence-corrected chi connectivity index (χ0v) is 16.9. The molecule has 0 unspecified atom stereocenters. The molecule has 28 heavy (non-hydrogen) atoms. The molecule has 0 saturated carbocycles. The fourth-order valence-electron chi connectivity index (χ4n) is 2.40.